The maximum absolute atomic E-state index is 11.3. The second-order valence-electron chi connectivity index (χ2n) is 4.61. The maximum atomic E-state index is 11.3. The van der Waals surface area contributed by atoms with Crippen LogP contribution >= 0.6 is 0 Å². The summed E-state index contributed by atoms with van der Waals surface area (Å²) < 4.78 is 5.30. The van der Waals surface area contributed by atoms with E-state index in [4.69, 9.17) is 4.42 Å². The van der Waals surface area contributed by atoms with Gasteiger partial charge in [0.25, 0.3) is 0 Å². The number of aliphatic carboxylic acids is 1. The van der Waals surface area contributed by atoms with Gasteiger partial charge in [0.1, 0.15) is 0 Å². The van der Waals surface area contributed by atoms with E-state index < -0.39 is 11.4 Å². The molecule has 1 saturated heterocycles. The van der Waals surface area contributed by atoms with Crippen molar-refractivity contribution in [1.29, 1.82) is 0 Å². The number of hydrogen-bond acceptors (Lipinski definition) is 5. The Balaban J connectivity index is 2.00. The molecule has 0 spiro atoms. The summed E-state index contributed by atoms with van der Waals surface area (Å²) in [5.74, 6) is 0.392. The molecule has 1 N–H and O–H groups in total. The zero-order chi connectivity index (χ0) is 12.5. The smallest absolute Gasteiger partial charge is 0.310 e. The Labute approximate surface area is 99.6 Å². The predicted octanol–water partition coefficient (Wildman–Crippen LogP) is 1.06. The van der Waals surface area contributed by atoms with Crippen LogP contribution < -0.4 is 0 Å². The zero-order valence-corrected chi connectivity index (χ0v) is 10.1. The fourth-order valence-electron chi connectivity index (χ4n) is 2.30. The third-order valence-corrected chi connectivity index (χ3v) is 3.49. The highest BCUT2D eigenvalue weighted by Gasteiger charge is 2.43. The molecule has 0 aromatic carbocycles. The van der Waals surface area contributed by atoms with Crippen molar-refractivity contribution in [3.05, 3.63) is 11.8 Å². The van der Waals surface area contributed by atoms with Crippen LogP contribution in [0.5, 0.6) is 0 Å². The Hall–Kier alpha value is -1.43. The van der Waals surface area contributed by atoms with E-state index >= 15 is 0 Å². The molecule has 6 heteroatoms. The fraction of sp³-hybridized carbons (Fsp3) is 0.727. The van der Waals surface area contributed by atoms with Crippen LogP contribution in [0.4, 0.5) is 0 Å². The third kappa shape index (κ3) is 2.31. The summed E-state index contributed by atoms with van der Waals surface area (Å²) in [6.45, 7) is 5.53. The first-order valence-corrected chi connectivity index (χ1v) is 5.80. The number of hydrogen-bond donors (Lipinski definition) is 1. The van der Waals surface area contributed by atoms with Gasteiger partial charge in [-0.3, -0.25) is 9.69 Å². The van der Waals surface area contributed by atoms with Gasteiger partial charge in [-0.05, 0) is 19.4 Å². The van der Waals surface area contributed by atoms with Crippen LogP contribution in [-0.2, 0) is 11.3 Å². The highest BCUT2D eigenvalue weighted by atomic mass is 16.4. The van der Waals surface area contributed by atoms with Crippen molar-refractivity contribution in [3.63, 3.8) is 0 Å². The maximum Gasteiger partial charge on any atom is 0.310 e. The first-order valence-electron chi connectivity index (χ1n) is 5.80. The van der Waals surface area contributed by atoms with Gasteiger partial charge in [-0.1, -0.05) is 6.92 Å². The Morgan fingerprint density at radius 1 is 1.59 bits per heavy atom. The molecule has 1 aliphatic rings. The quantitative estimate of drug-likeness (QED) is 0.846. The minimum Gasteiger partial charge on any atom is -0.481 e. The summed E-state index contributed by atoms with van der Waals surface area (Å²) in [6, 6.07) is 0. The fourth-order valence-corrected chi connectivity index (χ4v) is 2.30. The number of nitrogens with zero attached hydrogens (tertiary/aromatic N) is 3. The van der Waals surface area contributed by atoms with Crippen molar-refractivity contribution >= 4 is 5.97 Å². The number of aromatic nitrogens is 2. The van der Waals surface area contributed by atoms with Crippen molar-refractivity contribution < 1.29 is 14.3 Å². The second-order valence-corrected chi connectivity index (χ2v) is 4.61. The Morgan fingerprint density at radius 2 is 2.35 bits per heavy atom. The van der Waals surface area contributed by atoms with Crippen LogP contribution in [0.2, 0.25) is 0 Å². The first-order chi connectivity index (χ1) is 8.05. The minimum absolute atomic E-state index is 0.538. The zero-order valence-electron chi connectivity index (χ0n) is 10.1. The van der Waals surface area contributed by atoms with Crippen molar-refractivity contribution in [3.8, 4) is 0 Å². The molecule has 94 valence electrons. The van der Waals surface area contributed by atoms with Crippen molar-refractivity contribution in [2.75, 3.05) is 13.1 Å². The molecule has 0 amide bonds. The lowest BCUT2D eigenvalue weighted by Gasteiger charge is -2.22. The molecule has 6 nitrogen and oxygen atoms in total. The van der Waals surface area contributed by atoms with Gasteiger partial charge < -0.3 is 9.52 Å². The number of rotatable bonds is 4. The monoisotopic (exact) mass is 239 g/mol. The minimum atomic E-state index is -0.704. The number of carbonyl (C=O) groups is 1. The summed E-state index contributed by atoms with van der Waals surface area (Å²) in [5, 5.41) is 17.0. The average molecular weight is 239 g/mol. The van der Waals surface area contributed by atoms with Crippen LogP contribution in [0, 0.1) is 12.3 Å². The van der Waals surface area contributed by atoms with Gasteiger partial charge in [-0.2, -0.15) is 0 Å². The lowest BCUT2D eigenvalue weighted by Crippen LogP contribution is -2.33. The van der Waals surface area contributed by atoms with Gasteiger partial charge in [0.05, 0.1) is 12.0 Å². The Morgan fingerprint density at radius 3 is 2.82 bits per heavy atom. The molecule has 1 aromatic rings. The summed E-state index contributed by atoms with van der Waals surface area (Å²) in [5.41, 5.74) is -0.602. The van der Waals surface area contributed by atoms with Crippen molar-refractivity contribution in [2.24, 2.45) is 5.41 Å². The summed E-state index contributed by atoms with van der Waals surface area (Å²) in [6.07, 6.45) is 1.34. The highest BCUT2D eigenvalue weighted by molar-refractivity contribution is 5.75. The van der Waals surface area contributed by atoms with E-state index in [1.165, 1.54) is 0 Å². The lowest BCUT2D eigenvalue weighted by atomic mass is 9.84. The molecule has 1 atom stereocenters. The molecule has 2 rings (SSSR count). The summed E-state index contributed by atoms with van der Waals surface area (Å²) in [4.78, 5) is 13.3. The highest BCUT2D eigenvalue weighted by Crippen LogP contribution is 2.34. The van der Waals surface area contributed by atoms with Gasteiger partial charge >= 0.3 is 5.97 Å². The van der Waals surface area contributed by atoms with Gasteiger partial charge in [0.2, 0.25) is 11.8 Å². The van der Waals surface area contributed by atoms with E-state index in [1.54, 1.807) is 6.92 Å². The van der Waals surface area contributed by atoms with E-state index in [9.17, 15) is 9.90 Å². The molecule has 0 saturated carbocycles. The number of aryl methyl sites for hydroxylation is 1. The third-order valence-electron chi connectivity index (χ3n) is 3.49. The van der Waals surface area contributed by atoms with E-state index in [2.05, 4.69) is 15.1 Å². The van der Waals surface area contributed by atoms with Crippen LogP contribution in [0.25, 0.3) is 0 Å². The van der Waals surface area contributed by atoms with E-state index in [0.717, 1.165) is 6.54 Å². The Kier molecular flexibility index (Phi) is 3.15. The second kappa shape index (κ2) is 4.44. The molecule has 0 aliphatic carbocycles. The van der Waals surface area contributed by atoms with Gasteiger partial charge in [-0.25, -0.2) is 0 Å². The summed E-state index contributed by atoms with van der Waals surface area (Å²) in [7, 11) is 0. The largest absolute Gasteiger partial charge is 0.481 e. The van der Waals surface area contributed by atoms with Crippen LogP contribution in [0.3, 0.4) is 0 Å². The van der Waals surface area contributed by atoms with Gasteiger partial charge in [-0.15, -0.1) is 10.2 Å². The molecular weight excluding hydrogens is 222 g/mol. The van der Waals surface area contributed by atoms with Gasteiger partial charge in [0.15, 0.2) is 0 Å². The molecule has 1 aliphatic heterocycles. The molecule has 2 heterocycles. The predicted molar refractivity (Wildman–Crippen MR) is 59.3 cm³/mol. The van der Waals surface area contributed by atoms with E-state index in [-0.39, 0.29) is 0 Å². The standard InChI is InChI=1S/C11H17N3O3/c1-3-11(10(15)16)4-5-14(7-11)6-9-13-12-8(2)17-9/h3-7H2,1-2H3,(H,15,16). The first kappa shape index (κ1) is 12.0. The van der Waals surface area contributed by atoms with E-state index in [1.807, 2.05) is 6.92 Å². The number of carboxylic acids is 1. The van der Waals surface area contributed by atoms with Gasteiger partial charge in [0, 0.05) is 13.5 Å². The molecule has 0 bridgehead atoms. The topological polar surface area (TPSA) is 79.5 Å². The molecule has 1 aromatic heterocycles. The van der Waals surface area contributed by atoms with E-state index in [0.29, 0.717) is 37.7 Å². The molecule has 0 radical (unpaired) electrons. The SMILES string of the molecule is CCC1(C(=O)O)CCN(Cc2nnc(C)o2)C1. The molecule has 17 heavy (non-hydrogen) atoms. The van der Waals surface area contributed by atoms with Crippen LogP contribution in [0.15, 0.2) is 4.42 Å². The lowest BCUT2D eigenvalue weighted by molar-refractivity contribution is -0.148. The Bertz CT molecular complexity index is 418. The average Bonchev–Trinajstić information content (AvgIpc) is 2.87. The van der Waals surface area contributed by atoms with Crippen LogP contribution in [-0.4, -0.2) is 39.3 Å². The number of carboxylic acid groups (broad SMARTS) is 1. The molecule has 1 fully saturated rings. The molecule has 1 unspecified atom stereocenters. The molecular formula is C11H17N3O3. The van der Waals surface area contributed by atoms with Crippen LogP contribution in [0.1, 0.15) is 31.5 Å². The normalized spacial score (nSPS) is 25.3. The summed E-state index contributed by atoms with van der Waals surface area (Å²) >= 11 is 0. The van der Waals surface area contributed by atoms with Crippen molar-refractivity contribution in [2.45, 2.75) is 33.2 Å². The van der Waals surface area contributed by atoms with Crippen molar-refractivity contribution in [1.82, 2.24) is 15.1 Å². The number of likely N-dealkylation sites (tertiary alicyclic amines) is 1.